The van der Waals surface area contributed by atoms with E-state index in [1.165, 1.54) is 0 Å². The van der Waals surface area contributed by atoms with E-state index in [9.17, 15) is 4.79 Å². The molecular weight excluding hydrogens is 266 g/mol. The van der Waals surface area contributed by atoms with E-state index in [1.807, 2.05) is 38.1 Å². The third-order valence-electron chi connectivity index (χ3n) is 2.87. The van der Waals surface area contributed by atoms with Crippen LogP contribution < -0.4 is 5.32 Å². The zero-order valence-corrected chi connectivity index (χ0v) is 12.8. The van der Waals surface area contributed by atoms with Crippen molar-refractivity contribution < 1.29 is 4.79 Å². The van der Waals surface area contributed by atoms with Crippen molar-refractivity contribution in [1.82, 2.24) is 5.32 Å². The number of hydrogen-bond donors (Lipinski definition) is 1. The molecular formula is C14H20ClNOS. The second-order valence-corrected chi connectivity index (χ2v) is 6.61. The summed E-state index contributed by atoms with van der Waals surface area (Å²) in [5.41, 5.74) is 0. The molecule has 1 amide bonds. The Bertz CT molecular complexity index is 391. The summed E-state index contributed by atoms with van der Waals surface area (Å²) in [6.45, 7) is 8.15. The van der Waals surface area contributed by atoms with Crippen molar-refractivity contribution in [1.29, 1.82) is 0 Å². The van der Waals surface area contributed by atoms with Crippen molar-refractivity contribution in [3.05, 3.63) is 29.3 Å². The topological polar surface area (TPSA) is 29.1 Å². The zero-order chi connectivity index (χ0) is 13.7. The van der Waals surface area contributed by atoms with Gasteiger partial charge in [0.2, 0.25) is 5.91 Å². The predicted octanol–water partition coefficient (Wildman–Crippen LogP) is 3.98. The lowest BCUT2D eigenvalue weighted by molar-refractivity contribution is -0.121. The summed E-state index contributed by atoms with van der Waals surface area (Å²) in [4.78, 5) is 13.0. The van der Waals surface area contributed by atoms with Gasteiger partial charge in [-0.15, -0.1) is 11.8 Å². The van der Waals surface area contributed by atoms with Crippen LogP contribution in [0.5, 0.6) is 0 Å². The first-order chi connectivity index (χ1) is 8.40. The van der Waals surface area contributed by atoms with Crippen LogP contribution in [0.2, 0.25) is 5.02 Å². The Balaban J connectivity index is 2.52. The average Bonchev–Trinajstić information content (AvgIpc) is 2.31. The maximum atomic E-state index is 12.0. The molecule has 100 valence electrons. The van der Waals surface area contributed by atoms with E-state index in [-0.39, 0.29) is 17.2 Å². The van der Waals surface area contributed by atoms with Crippen LogP contribution >= 0.6 is 23.4 Å². The minimum absolute atomic E-state index is 0.0798. The van der Waals surface area contributed by atoms with Gasteiger partial charge >= 0.3 is 0 Å². The van der Waals surface area contributed by atoms with Gasteiger partial charge in [0.15, 0.2) is 0 Å². The lowest BCUT2D eigenvalue weighted by atomic mass is 10.1. The molecule has 0 saturated carbocycles. The molecule has 18 heavy (non-hydrogen) atoms. The Morgan fingerprint density at radius 2 is 1.72 bits per heavy atom. The highest BCUT2D eigenvalue weighted by molar-refractivity contribution is 8.00. The van der Waals surface area contributed by atoms with Gasteiger partial charge in [0.1, 0.15) is 0 Å². The van der Waals surface area contributed by atoms with Crippen LogP contribution in [0.15, 0.2) is 29.2 Å². The van der Waals surface area contributed by atoms with Gasteiger partial charge in [-0.2, -0.15) is 0 Å². The Hall–Kier alpha value is -0.670. The van der Waals surface area contributed by atoms with E-state index in [0.29, 0.717) is 10.9 Å². The van der Waals surface area contributed by atoms with Crippen LogP contribution in [-0.4, -0.2) is 17.2 Å². The van der Waals surface area contributed by atoms with Crippen molar-refractivity contribution in [3.8, 4) is 0 Å². The van der Waals surface area contributed by atoms with Crippen molar-refractivity contribution in [2.75, 3.05) is 0 Å². The van der Waals surface area contributed by atoms with Crippen LogP contribution in [-0.2, 0) is 4.79 Å². The fraction of sp³-hybridized carbons (Fsp3) is 0.500. The molecule has 0 radical (unpaired) electrons. The third-order valence-corrected chi connectivity index (χ3v) is 4.23. The molecule has 1 aromatic carbocycles. The van der Waals surface area contributed by atoms with Gasteiger partial charge in [0.25, 0.3) is 0 Å². The molecule has 1 rings (SSSR count). The molecule has 0 aliphatic carbocycles. The lowest BCUT2D eigenvalue weighted by Gasteiger charge is -2.20. The third kappa shape index (κ3) is 4.91. The molecule has 2 nitrogen and oxygen atoms in total. The summed E-state index contributed by atoms with van der Waals surface area (Å²) in [5, 5.41) is 3.63. The van der Waals surface area contributed by atoms with Crippen LogP contribution in [0.3, 0.4) is 0 Å². The highest BCUT2D eigenvalue weighted by Gasteiger charge is 2.17. The molecule has 0 bridgehead atoms. The summed E-state index contributed by atoms with van der Waals surface area (Å²) in [6, 6.07) is 7.74. The molecule has 4 heteroatoms. The SMILES string of the molecule is CC(C)[C@@H](C)NC(=O)[C@H](C)Sc1ccc(Cl)cc1. The average molecular weight is 286 g/mol. The summed E-state index contributed by atoms with van der Waals surface area (Å²) in [5.74, 6) is 0.526. The van der Waals surface area contributed by atoms with E-state index in [1.54, 1.807) is 11.8 Å². The molecule has 0 unspecified atom stereocenters. The minimum Gasteiger partial charge on any atom is -0.352 e. The normalized spacial score (nSPS) is 14.3. The van der Waals surface area contributed by atoms with Gasteiger partial charge in [-0.25, -0.2) is 0 Å². The zero-order valence-electron chi connectivity index (χ0n) is 11.2. The summed E-state index contributed by atoms with van der Waals surface area (Å²) >= 11 is 7.37. The molecule has 0 aromatic heterocycles. The van der Waals surface area contributed by atoms with Gasteiger partial charge in [-0.3, -0.25) is 4.79 Å². The Kier molecular flexibility index (Phi) is 6.03. The number of benzene rings is 1. The molecule has 1 aromatic rings. The number of carbonyl (C=O) groups excluding carboxylic acids is 1. The van der Waals surface area contributed by atoms with Crippen molar-refractivity contribution in [3.63, 3.8) is 0 Å². The minimum atomic E-state index is -0.104. The standard InChI is InChI=1S/C14H20ClNOS/c1-9(2)10(3)16-14(17)11(4)18-13-7-5-12(15)6-8-13/h5-11H,1-4H3,(H,16,17)/t10-,11+/m1/s1. The quantitative estimate of drug-likeness (QED) is 0.829. The van der Waals surface area contributed by atoms with Gasteiger partial charge < -0.3 is 5.32 Å². The van der Waals surface area contributed by atoms with Crippen LogP contribution in [0.1, 0.15) is 27.7 Å². The molecule has 0 aliphatic heterocycles. The van der Waals surface area contributed by atoms with Gasteiger partial charge in [-0.05, 0) is 44.0 Å². The van der Waals surface area contributed by atoms with Crippen molar-refractivity contribution in [2.45, 2.75) is 43.9 Å². The van der Waals surface area contributed by atoms with Crippen molar-refractivity contribution >= 4 is 29.3 Å². The second-order valence-electron chi connectivity index (χ2n) is 4.76. The van der Waals surface area contributed by atoms with E-state index in [2.05, 4.69) is 19.2 Å². The number of thioether (sulfide) groups is 1. The van der Waals surface area contributed by atoms with E-state index < -0.39 is 0 Å². The number of amides is 1. The molecule has 0 aliphatic rings. The Morgan fingerprint density at radius 3 is 2.22 bits per heavy atom. The maximum absolute atomic E-state index is 12.0. The number of nitrogens with one attached hydrogen (secondary N) is 1. The number of hydrogen-bond acceptors (Lipinski definition) is 2. The Labute approximate surface area is 118 Å². The number of rotatable bonds is 5. The fourth-order valence-electron chi connectivity index (χ4n) is 1.28. The predicted molar refractivity (Wildman–Crippen MR) is 79.2 cm³/mol. The number of halogens is 1. The summed E-state index contributed by atoms with van der Waals surface area (Å²) in [6.07, 6.45) is 0. The monoisotopic (exact) mass is 285 g/mol. The molecule has 0 fully saturated rings. The van der Waals surface area contributed by atoms with Gasteiger partial charge in [0, 0.05) is 16.0 Å². The highest BCUT2D eigenvalue weighted by atomic mass is 35.5. The van der Waals surface area contributed by atoms with E-state index >= 15 is 0 Å². The molecule has 0 spiro atoms. The first-order valence-electron chi connectivity index (χ1n) is 6.12. The second kappa shape index (κ2) is 7.05. The van der Waals surface area contributed by atoms with Gasteiger partial charge in [-0.1, -0.05) is 25.4 Å². The fourth-order valence-corrected chi connectivity index (χ4v) is 2.28. The number of carbonyl (C=O) groups is 1. The van der Waals surface area contributed by atoms with E-state index in [0.717, 1.165) is 4.90 Å². The first kappa shape index (κ1) is 15.4. The maximum Gasteiger partial charge on any atom is 0.233 e. The highest BCUT2D eigenvalue weighted by Crippen LogP contribution is 2.24. The van der Waals surface area contributed by atoms with Crippen molar-refractivity contribution in [2.24, 2.45) is 5.92 Å². The Morgan fingerprint density at radius 1 is 1.17 bits per heavy atom. The smallest absolute Gasteiger partial charge is 0.233 e. The summed E-state index contributed by atoms with van der Waals surface area (Å²) < 4.78 is 0. The lowest BCUT2D eigenvalue weighted by Crippen LogP contribution is -2.40. The van der Waals surface area contributed by atoms with Crippen LogP contribution in [0.25, 0.3) is 0 Å². The van der Waals surface area contributed by atoms with Gasteiger partial charge in [0.05, 0.1) is 5.25 Å². The van der Waals surface area contributed by atoms with Crippen LogP contribution in [0.4, 0.5) is 0 Å². The largest absolute Gasteiger partial charge is 0.352 e. The first-order valence-corrected chi connectivity index (χ1v) is 7.38. The molecule has 0 saturated heterocycles. The molecule has 0 heterocycles. The van der Waals surface area contributed by atoms with E-state index in [4.69, 9.17) is 11.6 Å². The summed E-state index contributed by atoms with van der Waals surface area (Å²) in [7, 11) is 0. The molecule has 1 N–H and O–H groups in total. The molecule has 2 atom stereocenters. The van der Waals surface area contributed by atoms with Crippen LogP contribution in [0, 0.1) is 5.92 Å².